The second-order valence-electron chi connectivity index (χ2n) is 4.69. The Labute approximate surface area is 120 Å². The number of nitrogens with two attached hydrogens (primary N) is 1. The zero-order valence-corrected chi connectivity index (χ0v) is 11.0. The SMILES string of the molecule is Nc1cc(F)ccc1C(=O)N1CC(=O)Nc2ccccc21. The zero-order chi connectivity index (χ0) is 15.0. The molecule has 6 heteroatoms. The largest absolute Gasteiger partial charge is 0.398 e. The minimum atomic E-state index is -0.513. The van der Waals surface area contributed by atoms with Crippen LogP contribution in [0, 0.1) is 5.82 Å². The molecular weight excluding hydrogens is 273 g/mol. The van der Waals surface area contributed by atoms with Crippen molar-refractivity contribution in [1.29, 1.82) is 0 Å². The molecule has 1 heterocycles. The molecule has 0 aliphatic carbocycles. The van der Waals surface area contributed by atoms with Gasteiger partial charge in [0.2, 0.25) is 5.91 Å². The molecule has 0 radical (unpaired) electrons. The van der Waals surface area contributed by atoms with E-state index in [2.05, 4.69) is 5.32 Å². The molecule has 2 aromatic rings. The van der Waals surface area contributed by atoms with Gasteiger partial charge >= 0.3 is 0 Å². The van der Waals surface area contributed by atoms with E-state index >= 15 is 0 Å². The van der Waals surface area contributed by atoms with Crippen LogP contribution in [0.2, 0.25) is 0 Å². The van der Waals surface area contributed by atoms with Crippen LogP contribution in [-0.4, -0.2) is 18.4 Å². The summed E-state index contributed by atoms with van der Waals surface area (Å²) < 4.78 is 13.1. The fourth-order valence-electron chi connectivity index (χ4n) is 2.29. The number of halogens is 1. The first-order chi connectivity index (χ1) is 10.1. The summed E-state index contributed by atoms with van der Waals surface area (Å²) in [5, 5.41) is 2.70. The third kappa shape index (κ3) is 2.31. The first kappa shape index (κ1) is 13.1. The minimum Gasteiger partial charge on any atom is -0.398 e. The summed E-state index contributed by atoms with van der Waals surface area (Å²) in [6.07, 6.45) is 0. The maximum absolute atomic E-state index is 13.1. The standard InChI is InChI=1S/C15H12FN3O2/c16-9-5-6-10(11(17)7-9)15(21)19-8-14(20)18-12-3-1-2-4-13(12)19/h1-7H,8,17H2,(H,18,20). The van der Waals surface area contributed by atoms with Gasteiger partial charge < -0.3 is 11.1 Å². The number of anilines is 3. The van der Waals surface area contributed by atoms with Crippen LogP contribution >= 0.6 is 0 Å². The van der Waals surface area contributed by atoms with Gasteiger partial charge in [-0.3, -0.25) is 14.5 Å². The number of hydrogen-bond donors (Lipinski definition) is 2. The van der Waals surface area contributed by atoms with E-state index in [1.807, 2.05) is 0 Å². The highest BCUT2D eigenvalue weighted by Crippen LogP contribution is 2.30. The molecule has 106 valence electrons. The number of nitrogens with one attached hydrogen (secondary N) is 1. The van der Waals surface area contributed by atoms with Crippen molar-refractivity contribution in [3.8, 4) is 0 Å². The van der Waals surface area contributed by atoms with Gasteiger partial charge in [-0.2, -0.15) is 0 Å². The number of amides is 2. The molecule has 0 fully saturated rings. The minimum absolute atomic E-state index is 0.0449. The summed E-state index contributed by atoms with van der Waals surface area (Å²) in [5.74, 6) is -1.24. The number of hydrogen-bond acceptors (Lipinski definition) is 3. The predicted molar refractivity (Wildman–Crippen MR) is 77.6 cm³/mol. The van der Waals surface area contributed by atoms with Crippen LogP contribution in [0.3, 0.4) is 0 Å². The summed E-state index contributed by atoms with van der Waals surface area (Å²) in [6.45, 7) is -0.105. The lowest BCUT2D eigenvalue weighted by atomic mass is 10.1. The molecule has 21 heavy (non-hydrogen) atoms. The van der Waals surface area contributed by atoms with Crippen LogP contribution in [0.1, 0.15) is 10.4 Å². The number of rotatable bonds is 1. The van der Waals surface area contributed by atoms with Crippen molar-refractivity contribution in [3.05, 3.63) is 53.8 Å². The normalized spacial score (nSPS) is 13.6. The number of benzene rings is 2. The first-order valence-electron chi connectivity index (χ1n) is 6.32. The maximum Gasteiger partial charge on any atom is 0.260 e. The van der Waals surface area contributed by atoms with Gasteiger partial charge in [0.25, 0.3) is 5.91 Å². The van der Waals surface area contributed by atoms with Crippen molar-refractivity contribution in [2.24, 2.45) is 0 Å². The lowest BCUT2D eigenvalue weighted by Gasteiger charge is -2.29. The van der Waals surface area contributed by atoms with Crippen LogP contribution in [0.5, 0.6) is 0 Å². The lowest BCUT2D eigenvalue weighted by molar-refractivity contribution is -0.115. The Bertz CT molecular complexity index is 745. The van der Waals surface area contributed by atoms with Crippen molar-refractivity contribution in [2.75, 3.05) is 22.5 Å². The fraction of sp³-hybridized carbons (Fsp3) is 0.0667. The zero-order valence-electron chi connectivity index (χ0n) is 11.0. The van der Waals surface area contributed by atoms with E-state index in [-0.39, 0.29) is 23.7 Å². The van der Waals surface area contributed by atoms with Gasteiger partial charge in [0.1, 0.15) is 12.4 Å². The summed E-state index contributed by atoms with van der Waals surface area (Å²) in [5.41, 5.74) is 7.05. The van der Waals surface area contributed by atoms with Gasteiger partial charge in [0.15, 0.2) is 0 Å². The van der Waals surface area contributed by atoms with Crippen LogP contribution in [0.4, 0.5) is 21.5 Å². The van der Waals surface area contributed by atoms with E-state index in [1.165, 1.54) is 17.0 Å². The highest BCUT2D eigenvalue weighted by atomic mass is 19.1. The van der Waals surface area contributed by atoms with E-state index < -0.39 is 11.7 Å². The average molecular weight is 285 g/mol. The number of nitrogens with zero attached hydrogens (tertiary/aromatic N) is 1. The van der Waals surface area contributed by atoms with E-state index in [0.717, 1.165) is 6.07 Å². The van der Waals surface area contributed by atoms with Crippen molar-refractivity contribution in [1.82, 2.24) is 0 Å². The van der Waals surface area contributed by atoms with Crippen molar-refractivity contribution in [2.45, 2.75) is 0 Å². The summed E-state index contributed by atoms with van der Waals surface area (Å²) in [6, 6.07) is 10.5. The third-order valence-electron chi connectivity index (χ3n) is 3.26. The molecule has 1 aliphatic heterocycles. The van der Waals surface area contributed by atoms with Crippen LogP contribution < -0.4 is 16.0 Å². The number of carbonyl (C=O) groups excluding carboxylic acids is 2. The molecule has 1 aliphatic rings. The quantitative estimate of drug-likeness (QED) is 0.787. The molecule has 0 bridgehead atoms. The van der Waals surface area contributed by atoms with Gasteiger partial charge in [0, 0.05) is 5.69 Å². The Balaban J connectivity index is 2.04. The van der Waals surface area contributed by atoms with Crippen molar-refractivity contribution >= 4 is 28.9 Å². The van der Waals surface area contributed by atoms with Crippen LogP contribution in [-0.2, 0) is 4.79 Å². The Morgan fingerprint density at radius 2 is 2.00 bits per heavy atom. The van der Waals surface area contributed by atoms with Gasteiger partial charge in [-0.25, -0.2) is 4.39 Å². The molecule has 0 atom stereocenters. The molecule has 0 saturated heterocycles. The van der Waals surface area contributed by atoms with Crippen LogP contribution in [0.15, 0.2) is 42.5 Å². The van der Waals surface area contributed by atoms with Gasteiger partial charge in [0.05, 0.1) is 16.9 Å². The smallest absolute Gasteiger partial charge is 0.260 e. The third-order valence-corrected chi connectivity index (χ3v) is 3.26. The Hall–Kier alpha value is -2.89. The molecule has 2 aromatic carbocycles. The highest BCUT2D eigenvalue weighted by Gasteiger charge is 2.28. The predicted octanol–water partition coefficient (Wildman–Crippen LogP) is 2.01. The molecule has 5 nitrogen and oxygen atoms in total. The average Bonchev–Trinajstić information content (AvgIpc) is 2.45. The monoisotopic (exact) mass is 285 g/mol. The van der Waals surface area contributed by atoms with Gasteiger partial charge in [-0.1, -0.05) is 12.1 Å². The molecule has 3 N–H and O–H groups in total. The molecule has 0 saturated carbocycles. The van der Waals surface area contributed by atoms with Crippen molar-refractivity contribution < 1.29 is 14.0 Å². The highest BCUT2D eigenvalue weighted by molar-refractivity contribution is 6.16. The second kappa shape index (κ2) is 4.90. The summed E-state index contributed by atoms with van der Waals surface area (Å²) in [4.78, 5) is 25.6. The second-order valence-corrected chi connectivity index (χ2v) is 4.69. The fourth-order valence-corrected chi connectivity index (χ4v) is 2.29. The first-order valence-corrected chi connectivity index (χ1v) is 6.32. The number of carbonyl (C=O) groups is 2. The molecular formula is C15H12FN3O2. The molecule has 0 aromatic heterocycles. The number of para-hydroxylation sites is 2. The van der Waals surface area contributed by atoms with Gasteiger partial charge in [-0.15, -0.1) is 0 Å². The molecule has 2 amide bonds. The number of fused-ring (bicyclic) bond motifs is 1. The van der Waals surface area contributed by atoms with E-state index in [1.54, 1.807) is 24.3 Å². The summed E-state index contributed by atoms with van der Waals surface area (Å²) >= 11 is 0. The summed E-state index contributed by atoms with van der Waals surface area (Å²) in [7, 11) is 0. The Morgan fingerprint density at radius 1 is 1.24 bits per heavy atom. The maximum atomic E-state index is 13.1. The topological polar surface area (TPSA) is 75.4 Å². The molecule has 0 unspecified atom stereocenters. The van der Waals surface area contributed by atoms with Gasteiger partial charge in [-0.05, 0) is 30.3 Å². The number of nitrogen functional groups attached to an aromatic ring is 1. The van der Waals surface area contributed by atoms with E-state index in [4.69, 9.17) is 5.73 Å². The molecule has 0 spiro atoms. The van der Waals surface area contributed by atoms with Crippen molar-refractivity contribution in [3.63, 3.8) is 0 Å². The lowest BCUT2D eigenvalue weighted by Crippen LogP contribution is -2.42. The van der Waals surface area contributed by atoms with E-state index in [9.17, 15) is 14.0 Å². The van der Waals surface area contributed by atoms with E-state index in [0.29, 0.717) is 11.4 Å². The van der Waals surface area contributed by atoms with Crippen LogP contribution in [0.25, 0.3) is 0 Å². The molecule has 3 rings (SSSR count). The Morgan fingerprint density at radius 3 is 2.76 bits per heavy atom. The Kier molecular flexibility index (Phi) is 3.06.